The fraction of sp³-hybridized carbons (Fsp3) is 0.250. The van der Waals surface area contributed by atoms with E-state index in [0.29, 0.717) is 24.6 Å². The first-order valence-electron chi connectivity index (χ1n) is 9.95. The number of benzene rings is 3. The van der Waals surface area contributed by atoms with Crippen molar-refractivity contribution in [3.8, 4) is 5.75 Å². The van der Waals surface area contributed by atoms with E-state index in [0.717, 1.165) is 16.3 Å². The van der Waals surface area contributed by atoms with Crippen LogP contribution in [0.1, 0.15) is 18.5 Å². The van der Waals surface area contributed by atoms with Crippen LogP contribution in [0, 0.1) is 0 Å². The van der Waals surface area contributed by atoms with Gasteiger partial charge >= 0.3 is 11.8 Å². The molecule has 0 bridgehead atoms. The molecule has 0 unspecified atom stereocenters. The molecule has 156 valence electrons. The van der Waals surface area contributed by atoms with Gasteiger partial charge < -0.3 is 20.3 Å². The number of rotatable bonds is 7. The zero-order valence-electron chi connectivity index (χ0n) is 17.5. The zero-order chi connectivity index (χ0) is 21.5. The lowest BCUT2D eigenvalue weighted by Gasteiger charge is -2.26. The highest BCUT2D eigenvalue weighted by Crippen LogP contribution is 2.26. The number of anilines is 1. The second-order valence-electron chi connectivity index (χ2n) is 7.17. The lowest BCUT2D eigenvalue weighted by Crippen LogP contribution is -2.40. The molecule has 3 aromatic carbocycles. The summed E-state index contributed by atoms with van der Waals surface area (Å²) in [6.45, 7) is 2.79. The van der Waals surface area contributed by atoms with E-state index in [2.05, 4.69) is 34.9 Å². The van der Waals surface area contributed by atoms with Crippen LogP contribution in [0.3, 0.4) is 0 Å². The van der Waals surface area contributed by atoms with Crippen molar-refractivity contribution >= 4 is 28.3 Å². The SMILES string of the molecule is CCOc1ccc(NC(=O)C(=O)NC[C@H](c2cccc3ccccc23)N(C)C)cc1. The van der Waals surface area contributed by atoms with Gasteiger partial charge in [0.05, 0.1) is 12.6 Å². The molecule has 0 aromatic heterocycles. The summed E-state index contributed by atoms with van der Waals surface area (Å²) in [4.78, 5) is 26.7. The molecule has 0 aliphatic carbocycles. The average molecular weight is 405 g/mol. The van der Waals surface area contributed by atoms with E-state index in [4.69, 9.17) is 4.74 Å². The topological polar surface area (TPSA) is 70.7 Å². The number of carbonyl (C=O) groups excluding carboxylic acids is 2. The summed E-state index contributed by atoms with van der Waals surface area (Å²) in [5, 5.41) is 7.65. The molecule has 0 saturated carbocycles. The van der Waals surface area contributed by atoms with Gasteiger partial charge in [-0.1, -0.05) is 42.5 Å². The van der Waals surface area contributed by atoms with Gasteiger partial charge in [-0.15, -0.1) is 0 Å². The second-order valence-corrected chi connectivity index (χ2v) is 7.17. The minimum atomic E-state index is -0.699. The normalized spacial score (nSPS) is 11.9. The van der Waals surface area contributed by atoms with E-state index in [1.165, 1.54) is 0 Å². The van der Waals surface area contributed by atoms with Gasteiger partial charge in [0, 0.05) is 12.2 Å². The molecule has 6 nitrogen and oxygen atoms in total. The Morgan fingerprint density at radius 3 is 2.33 bits per heavy atom. The Bertz CT molecular complexity index is 1010. The summed E-state index contributed by atoms with van der Waals surface area (Å²) in [5.41, 5.74) is 1.64. The first-order chi connectivity index (χ1) is 14.5. The Labute approximate surface area is 176 Å². The number of nitrogens with zero attached hydrogens (tertiary/aromatic N) is 1. The molecule has 6 heteroatoms. The number of carbonyl (C=O) groups is 2. The molecule has 3 aromatic rings. The quantitative estimate of drug-likeness (QED) is 0.590. The van der Waals surface area contributed by atoms with Crippen molar-refractivity contribution < 1.29 is 14.3 Å². The van der Waals surface area contributed by atoms with Gasteiger partial charge in [-0.2, -0.15) is 0 Å². The number of hydrogen-bond donors (Lipinski definition) is 2. The van der Waals surface area contributed by atoms with E-state index in [9.17, 15) is 9.59 Å². The Hall–Kier alpha value is -3.38. The molecule has 30 heavy (non-hydrogen) atoms. The molecule has 0 aliphatic rings. The van der Waals surface area contributed by atoms with Crippen LogP contribution in [-0.2, 0) is 9.59 Å². The second kappa shape index (κ2) is 9.89. The minimum Gasteiger partial charge on any atom is -0.494 e. The van der Waals surface area contributed by atoms with Gasteiger partial charge in [0.25, 0.3) is 0 Å². The van der Waals surface area contributed by atoms with Crippen LogP contribution in [0.15, 0.2) is 66.7 Å². The fourth-order valence-corrected chi connectivity index (χ4v) is 3.37. The molecular weight excluding hydrogens is 378 g/mol. The summed E-state index contributed by atoms with van der Waals surface area (Å²) in [6.07, 6.45) is 0. The molecule has 2 amide bonds. The highest BCUT2D eigenvalue weighted by Gasteiger charge is 2.20. The maximum atomic E-state index is 12.4. The van der Waals surface area contributed by atoms with Crippen LogP contribution in [0.2, 0.25) is 0 Å². The number of likely N-dealkylation sites (N-methyl/N-ethyl adjacent to an activating group) is 1. The lowest BCUT2D eigenvalue weighted by molar-refractivity contribution is -0.136. The molecule has 1 atom stereocenters. The van der Waals surface area contributed by atoms with E-state index in [1.54, 1.807) is 24.3 Å². The van der Waals surface area contributed by atoms with Gasteiger partial charge in [-0.05, 0) is 61.6 Å². The molecule has 0 spiro atoms. The van der Waals surface area contributed by atoms with Crippen molar-refractivity contribution in [2.45, 2.75) is 13.0 Å². The third kappa shape index (κ3) is 5.15. The largest absolute Gasteiger partial charge is 0.494 e. The smallest absolute Gasteiger partial charge is 0.313 e. The van der Waals surface area contributed by atoms with Crippen LogP contribution in [0.5, 0.6) is 5.75 Å². The lowest BCUT2D eigenvalue weighted by atomic mass is 9.98. The highest BCUT2D eigenvalue weighted by atomic mass is 16.5. The van der Waals surface area contributed by atoms with E-state index in [1.807, 2.05) is 44.1 Å². The van der Waals surface area contributed by atoms with Gasteiger partial charge in [-0.3, -0.25) is 9.59 Å². The summed E-state index contributed by atoms with van der Waals surface area (Å²) in [5.74, 6) is -0.658. The van der Waals surface area contributed by atoms with E-state index in [-0.39, 0.29) is 6.04 Å². The summed E-state index contributed by atoms with van der Waals surface area (Å²) in [6, 6.07) is 21.1. The van der Waals surface area contributed by atoms with Gasteiger partial charge in [0.1, 0.15) is 5.75 Å². The molecular formula is C24H27N3O3. The Morgan fingerprint density at radius 2 is 1.63 bits per heavy atom. The summed E-state index contributed by atoms with van der Waals surface area (Å²) < 4.78 is 5.38. The minimum absolute atomic E-state index is 0.0710. The van der Waals surface area contributed by atoms with Crippen molar-refractivity contribution in [3.63, 3.8) is 0 Å². The molecule has 0 fully saturated rings. The predicted octanol–water partition coefficient (Wildman–Crippen LogP) is 3.60. The molecule has 0 saturated heterocycles. The first-order valence-corrected chi connectivity index (χ1v) is 9.95. The van der Waals surface area contributed by atoms with Crippen LogP contribution in [0.25, 0.3) is 10.8 Å². The number of hydrogen-bond acceptors (Lipinski definition) is 4. The van der Waals surface area contributed by atoms with Crippen molar-refractivity contribution in [3.05, 3.63) is 72.3 Å². The summed E-state index contributed by atoms with van der Waals surface area (Å²) >= 11 is 0. The van der Waals surface area contributed by atoms with Crippen LogP contribution in [-0.4, -0.2) is 44.0 Å². The molecule has 2 N–H and O–H groups in total. The van der Waals surface area contributed by atoms with E-state index < -0.39 is 11.8 Å². The third-order valence-electron chi connectivity index (χ3n) is 4.89. The zero-order valence-corrected chi connectivity index (χ0v) is 17.5. The van der Waals surface area contributed by atoms with Crippen LogP contribution >= 0.6 is 0 Å². The first kappa shape index (κ1) is 21.3. The standard InChI is InChI=1S/C24H27N3O3/c1-4-30-19-14-12-18(13-15-19)26-24(29)23(28)25-16-22(27(2)3)21-11-7-9-17-8-5-6-10-20(17)21/h5-15,22H,4,16H2,1-3H3,(H,25,28)(H,26,29)/t22-/m1/s1. The van der Waals surface area contributed by atoms with E-state index >= 15 is 0 Å². The molecule has 0 radical (unpaired) electrons. The van der Waals surface area contributed by atoms with Gasteiger partial charge in [-0.25, -0.2) is 0 Å². The summed E-state index contributed by atoms with van der Waals surface area (Å²) in [7, 11) is 3.91. The average Bonchev–Trinajstić information content (AvgIpc) is 2.75. The predicted molar refractivity (Wildman–Crippen MR) is 120 cm³/mol. The Balaban J connectivity index is 1.65. The maximum absolute atomic E-state index is 12.4. The number of nitrogens with one attached hydrogen (secondary N) is 2. The maximum Gasteiger partial charge on any atom is 0.313 e. The van der Waals surface area contributed by atoms with Crippen molar-refractivity contribution in [2.24, 2.45) is 0 Å². The number of amides is 2. The van der Waals surface area contributed by atoms with Crippen molar-refractivity contribution in [1.29, 1.82) is 0 Å². The molecule has 3 rings (SSSR count). The van der Waals surface area contributed by atoms with Crippen LogP contribution in [0.4, 0.5) is 5.69 Å². The highest BCUT2D eigenvalue weighted by molar-refractivity contribution is 6.39. The van der Waals surface area contributed by atoms with Gasteiger partial charge in [0.15, 0.2) is 0 Å². The van der Waals surface area contributed by atoms with Crippen LogP contribution < -0.4 is 15.4 Å². The number of ether oxygens (including phenoxy) is 1. The number of fused-ring (bicyclic) bond motifs is 1. The van der Waals surface area contributed by atoms with Crippen molar-refractivity contribution in [1.82, 2.24) is 10.2 Å². The van der Waals surface area contributed by atoms with Gasteiger partial charge in [0.2, 0.25) is 0 Å². The fourth-order valence-electron chi connectivity index (χ4n) is 3.37. The third-order valence-corrected chi connectivity index (χ3v) is 4.89. The Kier molecular flexibility index (Phi) is 7.03. The molecule has 0 heterocycles. The van der Waals surface area contributed by atoms with Crippen molar-refractivity contribution in [2.75, 3.05) is 32.6 Å². The monoisotopic (exact) mass is 405 g/mol. The molecule has 0 aliphatic heterocycles. The Morgan fingerprint density at radius 1 is 0.933 bits per heavy atom.